The number of urea groups is 1. The Balaban J connectivity index is 1.59. The molecule has 1 saturated carbocycles. The minimum Gasteiger partial charge on any atom is -0.337 e. The lowest BCUT2D eigenvalue weighted by atomic mass is 10.1. The van der Waals surface area contributed by atoms with Gasteiger partial charge in [-0.3, -0.25) is 0 Å². The van der Waals surface area contributed by atoms with Crippen molar-refractivity contribution >= 4 is 11.7 Å². The van der Waals surface area contributed by atoms with Crippen molar-refractivity contribution in [3.8, 4) is 0 Å². The summed E-state index contributed by atoms with van der Waals surface area (Å²) < 4.78 is 12.7. The molecule has 1 fully saturated rings. The van der Waals surface area contributed by atoms with Gasteiger partial charge in [-0.1, -0.05) is 25.7 Å². The van der Waals surface area contributed by atoms with Crippen molar-refractivity contribution in [2.45, 2.75) is 44.6 Å². The van der Waals surface area contributed by atoms with E-state index in [-0.39, 0.29) is 11.8 Å². The fourth-order valence-electron chi connectivity index (χ4n) is 2.64. The molecule has 0 bridgehead atoms. The molecule has 0 aliphatic heterocycles. The van der Waals surface area contributed by atoms with Crippen LogP contribution in [0.25, 0.3) is 0 Å². The number of anilines is 1. The molecule has 116 valence electrons. The Bertz CT molecular complexity index is 428. The molecule has 1 aromatic rings. The maximum Gasteiger partial charge on any atom is 0.319 e. The highest BCUT2D eigenvalue weighted by Gasteiger charge is 2.10. The van der Waals surface area contributed by atoms with Crippen LogP contribution in [-0.4, -0.2) is 25.2 Å². The van der Waals surface area contributed by atoms with Crippen LogP contribution in [0.4, 0.5) is 14.9 Å². The number of rotatable bonds is 5. The number of carbonyl (C=O) groups excluding carboxylic acids is 1. The molecule has 1 aliphatic carbocycles. The fourth-order valence-corrected chi connectivity index (χ4v) is 2.64. The van der Waals surface area contributed by atoms with Crippen LogP contribution >= 0.6 is 0 Å². The summed E-state index contributed by atoms with van der Waals surface area (Å²) in [6.07, 6.45) is 7.77. The van der Waals surface area contributed by atoms with Crippen molar-refractivity contribution < 1.29 is 9.18 Å². The number of amides is 2. The molecule has 21 heavy (non-hydrogen) atoms. The second-order valence-electron chi connectivity index (χ2n) is 5.53. The van der Waals surface area contributed by atoms with E-state index in [0.29, 0.717) is 18.3 Å². The van der Waals surface area contributed by atoms with Crippen molar-refractivity contribution in [3.05, 3.63) is 30.1 Å². The Labute approximate surface area is 125 Å². The van der Waals surface area contributed by atoms with Gasteiger partial charge in [0.25, 0.3) is 0 Å². The van der Waals surface area contributed by atoms with Crippen LogP contribution in [0.2, 0.25) is 0 Å². The average molecular weight is 293 g/mol. The van der Waals surface area contributed by atoms with Gasteiger partial charge in [-0.05, 0) is 37.1 Å². The standard InChI is InChI=1S/C16H24FN3O/c17-13-7-9-15(10-8-13)20-16(21)19-12-11-18-14-5-3-1-2-4-6-14/h7-10,14,18H,1-6,11-12H2,(H2,19,20,21). The van der Waals surface area contributed by atoms with Crippen molar-refractivity contribution in [2.75, 3.05) is 18.4 Å². The van der Waals surface area contributed by atoms with Gasteiger partial charge in [-0.2, -0.15) is 0 Å². The lowest BCUT2D eigenvalue weighted by Crippen LogP contribution is -2.38. The highest BCUT2D eigenvalue weighted by molar-refractivity contribution is 5.89. The summed E-state index contributed by atoms with van der Waals surface area (Å²) in [5, 5.41) is 8.96. The van der Waals surface area contributed by atoms with Crippen LogP contribution in [0.3, 0.4) is 0 Å². The molecule has 5 heteroatoms. The largest absolute Gasteiger partial charge is 0.337 e. The van der Waals surface area contributed by atoms with E-state index in [4.69, 9.17) is 0 Å². The first kappa shape index (κ1) is 15.8. The number of benzene rings is 1. The highest BCUT2D eigenvalue weighted by atomic mass is 19.1. The normalized spacial score (nSPS) is 16.2. The predicted octanol–water partition coefficient (Wildman–Crippen LogP) is 3.26. The molecule has 1 aliphatic rings. The van der Waals surface area contributed by atoms with Crippen LogP contribution in [0.15, 0.2) is 24.3 Å². The topological polar surface area (TPSA) is 53.2 Å². The second-order valence-corrected chi connectivity index (χ2v) is 5.53. The van der Waals surface area contributed by atoms with E-state index in [1.807, 2.05) is 0 Å². The van der Waals surface area contributed by atoms with Gasteiger partial charge in [-0.15, -0.1) is 0 Å². The third-order valence-electron chi connectivity index (χ3n) is 3.80. The smallest absolute Gasteiger partial charge is 0.319 e. The number of hydrogen-bond acceptors (Lipinski definition) is 2. The van der Waals surface area contributed by atoms with E-state index in [1.54, 1.807) is 12.1 Å². The van der Waals surface area contributed by atoms with Gasteiger partial charge in [0.05, 0.1) is 0 Å². The van der Waals surface area contributed by atoms with Crippen LogP contribution in [0.5, 0.6) is 0 Å². The lowest BCUT2D eigenvalue weighted by Gasteiger charge is -2.16. The average Bonchev–Trinajstić information content (AvgIpc) is 2.75. The van der Waals surface area contributed by atoms with E-state index in [1.165, 1.54) is 50.7 Å². The molecule has 2 rings (SSSR count). The molecule has 0 spiro atoms. The van der Waals surface area contributed by atoms with Gasteiger partial charge in [0, 0.05) is 24.8 Å². The van der Waals surface area contributed by atoms with E-state index >= 15 is 0 Å². The molecule has 4 nitrogen and oxygen atoms in total. The van der Waals surface area contributed by atoms with Crippen molar-refractivity contribution in [1.82, 2.24) is 10.6 Å². The van der Waals surface area contributed by atoms with Gasteiger partial charge in [0.2, 0.25) is 0 Å². The van der Waals surface area contributed by atoms with Gasteiger partial charge in [-0.25, -0.2) is 9.18 Å². The summed E-state index contributed by atoms with van der Waals surface area (Å²) in [5.41, 5.74) is 0.589. The van der Waals surface area contributed by atoms with E-state index < -0.39 is 0 Å². The summed E-state index contributed by atoms with van der Waals surface area (Å²) in [5.74, 6) is -0.312. The quantitative estimate of drug-likeness (QED) is 0.576. The highest BCUT2D eigenvalue weighted by Crippen LogP contribution is 2.16. The van der Waals surface area contributed by atoms with Crippen LogP contribution in [0, 0.1) is 5.82 Å². The van der Waals surface area contributed by atoms with Gasteiger partial charge in [0.15, 0.2) is 0 Å². The van der Waals surface area contributed by atoms with Crippen molar-refractivity contribution in [2.24, 2.45) is 0 Å². The third kappa shape index (κ3) is 6.12. The lowest BCUT2D eigenvalue weighted by molar-refractivity contribution is 0.252. The molecule has 0 heterocycles. The molecule has 0 aromatic heterocycles. The van der Waals surface area contributed by atoms with E-state index in [2.05, 4.69) is 16.0 Å². The first-order chi connectivity index (χ1) is 10.2. The van der Waals surface area contributed by atoms with E-state index in [9.17, 15) is 9.18 Å². The monoisotopic (exact) mass is 293 g/mol. The summed E-state index contributed by atoms with van der Waals surface area (Å²) in [4.78, 5) is 11.7. The minimum absolute atomic E-state index is 0.260. The first-order valence-electron chi connectivity index (χ1n) is 7.78. The molecule has 2 amide bonds. The number of halogens is 1. The third-order valence-corrected chi connectivity index (χ3v) is 3.80. The van der Waals surface area contributed by atoms with Crippen LogP contribution in [0.1, 0.15) is 38.5 Å². The second kappa shape index (κ2) is 8.62. The fraction of sp³-hybridized carbons (Fsp3) is 0.562. The first-order valence-corrected chi connectivity index (χ1v) is 7.78. The number of hydrogen-bond donors (Lipinski definition) is 3. The van der Waals surface area contributed by atoms with Crippen LogP contribution in [-0.2, 0) is 0 Å². The molecule has 0 atom stereocenters. The van der Waals surface area contributed by atoms with E-state index in [0.717, 1.165) is 6.54 Å². The Morgan fingerprint density at radius 2 is 1.71 bits per heavy atom. The summed E-state index contributed by atoms with van der Waals surface area (Å²) in [6.45, 7) is 1.37. The molecule has 1 aromatic carbocycles. The zero-order valence-electron chi connectivity index (χ0n) is 12.3. The molecule has 0 unspecified atom stereocenters. The van der Waals surface area contributed by atoms with Crippen LogP contribution < -0.4 is 16.0 Å². The molecule has 0 radical (unpaired) electrons. The SMILES string of the molecule is O=C(NCCNC1CCCCCC1)Nc1ccc(F)cc1. The summed E-state index contributed by atoms with van der Waals surface area (Å²) in [7, 11) is 0. The van der Waals surface area contributed by atoms with Crippen molar-refractivity contribution in [3.63, 3.8) is 0 Å². The van der Waals surface area contributed by atoms with Gasteiger partial charge in [0.1, 0.15) is 5.82 Å². The molecular weight excluding hydrogens is 269 g/mol. The molecular formula is C16H24FN3O. The van der Waals surface area contributed by atoms with Crippen molar-refractivity contribution in [1.29, 1.82) is 0 Å². The zero-order chi connectivity index (χ0) is 14.9. The Hall–Kier alpha value is -1.62. The maximum absolute atomic E-state index is 12.7. The number of nitrogens with one attached hydrogen (secondary N) is 3. The molecule has 3 N–H and O–H groups in total. The van der Waals surface area contributed by atoms with Gasteiger partial charge >= 0.3 is 6.03 Å². The van der Waals surface area contributed by atoms with Gasteiger partial charge < -0.3 is 16.0 Å². The Morgan fingerprint density at radius 1 is 1.05 bits per heavy atom. The predicted molar refractivity (Wildman–Crippen MR) is 82.9 cm³/mol. The minimum atomic E-state index is -0.312. The maximum atomic E-state index is 12.7. The summed E-state index contributed by atoms with van der Waals surface area (Å²) >= 11 is 0. The summed E-state index contributed by atoms with van der Waals surface area (Å²) in [6, 6.07) is 6.06. The Kier molecular flexibility index (Phi) is 6.47. The molecule has 0 saturated heterocycles. The zero-order valence-corrected chi connectivity index (χ0v) is 12.3. The Morgan fingerprint density at radius 3 is 2.38 bits per heavy atom. The number of carbonyl (C=O) groups is 1.